The van der Waals surface area contributed by atoms with Gasteiger partial charge in [0.2, 0.25) is 5.91 Å². The number of nitrogens with one attached hydrogen (secondary N) is 1. The van der Waals surface area contributed by atoms with Crippen LogP contribution in [0.1, 0.15) is 98.0 Å². The van der Waals surface area contributed by atoms with E-state index in [1.54, 1.807) is 18.1 Å². The molecule has 1 aromatic carbocycles. The van der Waals surface area contributed by atoms with Crippen molar-refractivity contribution in [3.63, 3.8) is 0 Å². The summed E-state index contributed by atoms with van der Waals surface area (Å²) in [4.78, 5) is 71.4. The molecule has 2 aliphatic carbocycles. The summed E-state index contributed by atoms with van der Waals surface area (Å²) in [7, 11) is 1.76. The van der Waals surface area contributed by atoms with E-state index in [-0.39, 0.29) is 59.5 Å². The molecule has 0 spiro atoms. The third-order valence-electron chi connectivity index (χ3n) is 14.6. The van der Waals surface area contributed by atoms with E-state index < -0.39 is 36.0 Å². The number of carbonyl (C=O) groups is 4. The Morgan fingerprint density at radius 3 is 2.60 bits per heavy atom. The molecule has 17 heteroatoms. The number of aromatic nitrogens is 3. The first-order chi connectivity index (χ1) is 30.6. The van der Waals surface area contributed by atoms with Crippen LogP contribution in [-0.2, 0) is 30.3 Å². The van der Waals surface area contributed by atoms with Gasteiger partial charge in [-0.25, -0.2) is 23.3 Å². The number of hydrogen-bond donors (Lipinski definition) is 1. The number of ether oxygens (including phenoxy) is 2. The molecule has 7 heterocycles. The zero-order chi connectivity index (χ0) is 43.4. The van der Waals surface area contributed by atoms with Gasteiger partial charge in [-0.2, -0.15) is 5.10 Å². The number of rotatable bonds is 12. The fourth-order valence-electron chi connectivity index (χ4n) is 11.2. The van der Waals surface area contributed by atoms with Gasteiger partial charge in [0.15, 0.2) is 11.5 Å². The fraction of sp³-hybridized carbons (Fsp3) is 0.609. The van der Waals surface area contributed by atoms with Gasteiger partial charge in [0, 0.05) is 70.0 Å². The fourth-order valence-corrected chi connectivity index (χ4v) is 11.2. The average Bonchev–Trinajstić information content (AvgIpc) is 4.13. The van der Waals surface area contributed by atoms with E-state index in [1.165, 1.54) is 10.7 Å². The van der Waals surface area contributed by atoms with Crippen LogP contribution >= 0.6 is 0 Å². The second-order valence-corrected chi connectivity index (χ2v) is 18.6. The highest BCUT2D eigenvalue weighted by atomic mass is 19.3. The first kappa shape index (κ1) is 42.0. The van der Waals surface area contributed by atoms with Crippen molar-refractivity contribution in [1.29, 1.82) is 0 Å². The number of amidine groups is 1. The molecule has 2 aromatic heterocycles. The molecule has 5 fully saturated rings. The Morgan fingerprint density at radius 1 is 1.03 bits per heavy atom. The summed E-state index contributed by atoms with van der Waals surface area (Å²) in [6, 6.07) is 8.22. The summed E-state index contributed by atoms with van der Waals surface area (Å²) in [5.41, 5.74) is 2.92. The molecule has 1 N–H and O–H groups in total. The Kier molecular flexibility index (Phi) is 11.7. The van der Waals surface area contributed by atoms with Crippen molar-refractivity contribution in [2.45, 2.75) is 114 Å². The molecule has 3 unspecified atom stereocenters. The monoisotopic (exact) mass is 867 g/mol. The molecule has 5 aliphatic heterocycles. The number of piperidine rings is 1. The van der Waals surface area contributed by atoms with E-state index in [0.29, 0.717) is 37.6 Å². The predicted octanol–water partition coefficient (Wildman–Crippen LogP) is 4.80. The number of likely N-dealkylation sites (tertiary alicyclic amines) is 1. The van der Waals surface area contributed by atoms with Crippen LogP contribution < -0.4 is 15.1 Å². The smallest absolute Gasteiger partial charge is 0.283 e. The normalized spacial score (nSPS) is 29.0. The minimum atomic E-state index is -2.87. The lowest BCUT2D eigenvalue weighted by Crippen LogP contribution is -2.40. The Morgan fingerprint density at radius 2 is 1.86 bits per heavy atom. The quantitative estimate of drug-likeness (QED) is 0.198. The molecule has 3 saturated heterocycles. The molecule has 15 nitrogen and oxygen atoms in total. The van der Waals surface area contributed by atoms with Crippen LogP contribution in [0.5, 0.6) is 0 Å². The van der Waals surface area contributed by atoms with Crippen molar-refractivity contribution in [2.75, 3.05) is 56.2 Å². The summed E-state index contributed by atoms with van der Waals surface area (Å²) in [6.45, 7) is 4.97. The van der Waals surface area contributed by atoms with Gasteiger partial charge in [0.25, 0.3) is 12.3 Å². The van der Waals surface area contributed by atoms with E-state index in [9.17, 15) is 28.0 Å². The minimum Gasteiger partial charge on any atom is -0.378 e. The highest BCUT2D eigenvalue weighted by Crippen LogP contribution is 2.44. The molecule has 2 amide bonds. The Balaban J connectivity index is 0.663. The predicted molar refractivity (Wildman–Crippen MR) is 230 cm³/mol. The lowest BCUT2D eigenvalue weighted by molar-refractivity contribution is -0.136. The highest BCUT2D eigenvalue weighted by molar-refractivity contribution is 6.46. The van der Waals surface area contributed by atoms with Crippen molar-refractivity contribution < 1.29 is 37.4 Å². The summed E-state index contributed by atoms with van der Waals surface area (Å²) < 4.78 is 42.1. The van der Waals surface area contributed by atoms with Crippen molar-refractivity contribution in [3.05, 3.63) is 53.3 Å². The van der Waals surface area contributed by atoms with E-state index >= 15 is 0 Å². The molecule has 0 radical (unpaired) electrons. The van der Waals surface area contributed by atoms with Crippen LogP contribution in [0, 0.1) is 17.8 Å². The molecule has 5 atom stereocenters. The van der Waals surface area contributed by atoms with Crippen molar-refractivity contribution in [2.24, 2.45) is 27.7 Å². The number of aryl methyl sites for hydroxylation is 1. The third-order valence-corrected chi connectivity index (χ3v) is 14.6. The van der Waals surface area contributed by atoms with Crippen LogP contribution in [0.2, 0.25) is 0 Å². The van der Waals surface area contributed by atoms with Gasteiger partial charge in [-0.15, -0.1) is 0 Å². The third kappa shape index (κ3) is 8.43. The summed E-state index contributed by atoms with van der Waals surface area (Å²) in [5.74, 6) is -0.670. The van der Waals surface area contributed by atoms with Gasteiger partial charge in [0.05, 0.1) is 43.4 Å². The number of carbonyl (C=O) groups excluding carboxylic acids is 4. The lowest BCUT2D eigenvalue weighted by atomic mass is 9.76. The number of morpholine rings is 1. The SMILES string of the molecule is CN1C(=O)C(C2CCC(=O)CC2=O)c2cc(CCCOC3CCN(CC4CCC(C5N=C(NC(=O)c6cnn7ccc(N8C[C@H]9C[C@@H]8CO9)nc67)C(C(F)F)=N5)CC4)CC3)ccc21. The van der Waals surface area contributed by atoms with E-state index in [1.807, 2.05) is 12.1 Å². The van der Waals surface area contributed by atoms with E-state index in [0.717, 1.165) is 107 Å². The molecule has 334 valence electrons. The number of amides is 2. The first-order valence-electron chi connectivity index (χ1n) is 22.8. The van der Waals surface area contributed by atoms with Crippen molar-refractivity contribution in [1.82, 2.24) is 24.8 Å². The van der Waals surface area contributed by atoms with Crippen molar-refractivity contribution in [3.8, 4) is 0 Å². The number of ketones is 2. The Labute approximate surface area is 364 Å². The first-order valence-corrected chi connectivity index (χ1v) is 22.8. The topological polar surface area (TPSA) is 163 Å². The molecule has 2 bridgehead atoms. The maximum atomic E-state index is 14.3. The largest absolute Gasteiger partial charge is 0.378 e. The van der Waals surface area contributed by atoms with Crippen LogP contribution in [0.3, 0.4) is 0 Å². The lowest BCUT2D eigenvalue weighted by Gasteiger charge is -2.37. The van der Waals surface area contributed by atoms with E-state index in [2.05, 4.69) is 42.3 Å². The minimum absolute atomic E-state index is 0.0274. The summed E-state index contributed by atoms with van der Waals surface area (Å²) >= 11 is 0. The molecule has 10 rings (SSSR count). The number of halogens is 2. The number of hydrogen-bond acceptors (Lipinski definition) is 12. The maximum Gasteiger partial charge on any atom is 0.283 e. The molecular formula is C46H55F2N9O6. The van der Waals surface area contributed by atoms with Crippen LogP contribution in [0.15, 0.2) is 46.6 Å². The Hall–Kier alpha value is -5.00. The van der Waals surface area contributed by atoms with Gasteiger partial charge in [-0.05, 0) is 93.4 Å². The second-order valence-electron chi connectivity index (χ2n) is 18.6. The number of likely N-dealkylation sites (N-methyl/N-ethyl adjacent to an activating group) is 1. The zero-order valence-electron chi connectivity index (χ0n) is 35.7. The van der Waals surface area contributed by atoms with Gasteiger partial charge in [0.1, 0.15) is 34.8 Å². The second kappa shape index (κ2) is 17.5. The summed E-state index contributed by atoms with van der Waals surface area (Å²) in [5, 5.41) is 6.91. The number of anilines is 2. The van der Waals surface area contributed by atoms with Crippen LogP contribution in [0.4, 0.5) is 20.3 Å². The Bertz CT molecular complexity index is 2340. The van der Waals surface area contributed by atoms with Gasteiger partial charge in [-0.1, -0.05) is 12.1 Å². The van der Waals surface area contributed by atoms with E-state index in [4.69, 9.17) is 14.5 Å². The number of nitrogens with zero attached hydrogens (tertiary/aromatic N) is 8. The number of Topliss-reactive ketones (excluding diaryl/α,β-unsaturated/α-hetero) is 2. The average molecular weight is 868 g/mol. The van der Waals surface area contributed by atoms with Gasteiger partial charge < -0.3 is 29.5 Å². The number of alkyl halides is 2. The van der Waals surface area contributed by atoms with Crippen LogP contribution in [-0.4, -0.2) is 132 Å². The molecule has 7 aliphatic rings. The van der Waals surface area contributed by atoms with Crippen LogP contribution in [0.25, 0.3) is 5.65 Å². The molecule has 2 saturated carbocycles. The number of benzene rings is 1. The number of aliphatic imine (C=N–C) groups is 2. The van der Waals surface area contributed by atoms with Crippen molar-refractivity contribution >= 4 is 52.1 Å². The zero-order valence-corrected chi connectivity index (χ0v) is 35.7. The maximum absolute atomic E-state index is 14.3. The van der Waals surface area contributed by atoms with Gasteiger partial charge in [-0.3, -0.25) is 24.2 Å². The molecule has 3 aromatic rings. The molecular weight excluding hydrogens is 813 g/mol. The molecule has 63 heavy (non-hydrogen) atoms. The standard InChI is InChI=1S/C46H55F2N9O6/c1-54-36-11-6-26(19-34(36)39(46(54)61)33-10-9-30(58)21-37(33)59)3-2-18-62-31-12-15-55(16-13-31)23-27-4-7-28(8-5-27)42-51-40(41(47)48)43(52-42)53-45(60)35-22-49-57-17-14-38(50-44(35)57)56-24-32-20-29(56)25-63-32/h6,11,14,17,19,22,27-29,31-33,39,41-42H,2-5,7-10,12-13,15-16,18,20-21,23-25H2,1H3,(H,52,53,60)/t27?,28?,29-,32-,33?,39?,42?/m1/s1. The number of fused-ring (bicyclic) bond motifs is 4. The highest BCUT2D eigenvalue weighted by Gasteiger charge is 2.45. The van der Waals surface area contributed by atoms with Gasteiger partial charge >= 0.3 is 0 Å². The summed E-state index contributed by atoms with van der Waals surface area (Å²) in [6.07, 6.45) is 8.91.